The largest absolute Gasteiger partial charge is 0.356 e. The van der Waals surface area contributed by atoms with Crippen LogP contribution in [0.25, 0.3) is 0 Å². The molecule has 0 fully saturated rings. The summed E-state index contributed by atoms with van der Waals surface area (Å²) in [5.41, 5.74) is 11.4. The van der Waals surface area contributed by atoms with E-state index in [2.05, 4.69) is 28.2 Å². The van der Waals surface area contributed by atoms with Gasteiger partial charge in [0.2, 0.25) is 11.8 Å². The molecule has 2 amide bonds. The molecule has 0 saturated heterocycles. The van der Waals surface area contributed by atoms with Crippen LogP contribution in [0.4, 0.5) is 0 Å². The first-order valence-electron chi connectivity index (χ1n) is 12.0. The van der Waals surface area contributed by atoms with E-state index in [0.717, 1.165) is 71.1 Å². The SMILES string of the molecule is CCCCCCCC(=O)NCCCC[C@H](N)C(=O)NCNCCCCNCCCN. The molecule has 0 heterocycles. The molecule has 8 nitrogen and oxygen atoms in total. The van der Waals surface area contributed by atoms with Crippen molar-refractivity contribution in [1.29, 1.82) is 0 Å². The summed E-state index contributed by atoms with van der Waals surface area (Å²) in [4.78, 5) is 23.7. The van der Waals surface area contributed by atoms with E-state index in [1.807, 2.05) is 0 Å². The molecular formula is C22H48N6O2. The summed E-state index contributed by atoms with van der Waals surface area (Å²) in [6.07, 6.45) is 11.9. The van der Waals surface area contributed by atoms with Crippen molar-refractivity contribution < 1.29 is 9.59 Å². The highest BCUT2D eigenvalue weighted by Gasteiger charge is 2.12. The normalized spacial score (nSPS) is 12.0. The van der Waals surface area contributed by atoms with Gasteiger partial charge >= 0.3 is 0 Å². The number of nitrogens with one attached hydrogen (secondary N) is 4. The van der Waals surface area contributed by atoms with Crippen molar-refractivity contribution in [2.24, 2.45) is 11.5 Å². The van der Waals surface area contributed by atoms with Gasteiger partial charge in [-0.05, 0) is 71.1 Å². The number of carbonyl (C=O) groups is 2. The Bertz CT molecular complexity index is 409. The Morgan fingerprint density at radius 3 is 2.17 bits per heavy atom. The molecule has 0 bridgehead atoms. The van der Waals surface area contributed by atoms with Crippen molar-refractivity contribution in [3.05, 3.63) is 0 Å². The fourth-order valence-electron chi connectivity index (χ4n) is 3.05. The molecule has 0 aliphatic rings. The van der Waals surface area contributed by atoms with Crippen molar-refractivity contribution in [2.75, 3.05) is 39.4 Å². The van der Waals surface area contributed by atoms with Crippen LogP contribution in [0.5, 0.6) is 0 Å². The molecule has 0 saturated carbocycles. The summed E-state index contributed by atoms with van der Waals surface area (Å²) >= 11 is 0. The molecule has 1 atom stereocenters. The monoisotopic (exact) mass is 428 g/mol. The van der Waals surface area contributed by atoms with Gasteiger partial charge in [-0.15, -0.1) is 0 Å². The summed E-state index contributed by atoms with van der Waals surface area (Å²) < 4.78 is 0. The standard InChI is InChI=1S/C22H48N6O2/c1-2-3-4-5-6-13-21(29)27-18-8-7-12-20(24)22(30)28-19-26-16-10-9-15-25-17-11-14-23/h20,25-26H,2-19,23-24H2,1H3,(H,27,29)(H,28,30)/t20-/m0/s1. The van der Waals surface area contributed by atoms with Gasteiger partial charge in [0.15, 0.2) is 0 Å². The third-order valence-corrected chi connectivity index (χ3v) is 5.01. The second kappa shape index (κ2) is 22.5. The van der Waals surface area contributed by atoms with Crippen LogP contribution >= 0.6 is 0 Å². The summed E-state index contributed by atoms with van der Waals surface area (Å²) in [6.45, 7) is 6.86. The maximum absolute atomic E-state index is 12.0. The maximum Gasteiger partial charge on any atom is 0.237 e. The summed E-state index contributed by atoms with van der Waals surface area (Å²) in [7, 11) is 0. The Labute approximate surface area is 184 Å². The number of nitrogens with two attached hydrogens (primary N) is 2. The van der Waals surface area contributed by atoms with Crippen LogP contribution in [-0.4, -0.2) is 57.2 Å². The number of rotatable bonds is 22. The summed E-state index contributed by atoms with van der Waals surface area (Å²) in [5.74, 6) is 0.00743. The van der Waals surface area contributed by atoms with Crippen LogP contribution in [-0.2, 0) is 9.59 Å². The molecular weight excluding hydrogens is 380 g/mol. The van der Waals surface area contributed by atoms with Crippen molar-refractivity contribution in [1.82, 2.24) is 21.3 Å². The molecule has 0 radical (unpaired) electrons. The van der Waals surface area contributed by atoms with Crippen molar-refractivity contribution in [3.8, 4) is 0 Å². The van der Waals surface area contributed by atoms with Crippen LogP contribution < -0.4 is 32.7 Å². The highest BCUT2D eigenvalue weighted by molar-refractivity contribution is 5.81. The van der Waals surface area contributed by atoms with E-state index in [1.54, 1.807) is 0 Å². The lowest BCUT2D eigenvalue weighted by Crippen LogP contribution is -2.44. The number of unbranched alkanes of at least 4 members (excludes halogenated alkanes) is 6. The number of amides is 2. The molecule has 30 heavy (non-hydrogen) atoms. The second-order valence-corrected chi connectivity index (χ2v) is 7.93. The lowest BCUT2D eigenvalue weighted by atomic mass is 10.1. The minimum absolute atomic E-state index is 0.123. The topological polar surface area (TPSA) is 134 Å². The van der Waals surface area contributed by atoms with Crippen LogP contribution in [0.1, 0.15) is 84.0 Å². The van der Waals surface area contributed by atoms with Crippen LogP contribution in [0.15, 0.2) is 0 Å². The maximum atomic E-state index is 12.0. The van der Waals surface area contributed by atoms with E-state index in [0.29, 0.717) is 26.1 Å². The Morgan fingerprint density at radius 2 is 1.43 bits per heavy atom. The minimum Gasteiger partial charge on any atom is -0.356 e. The first-order valence-corrected chi connectivity index (χ1v) is 12.0. The molecule has 0 spiro atoms. The number of hydrogen-bond acceptors (Lipinski definition) is 6. The lowest BCUT2D eigenvalue weighted by molar-refractivity contribution is -0.123. The molecule has 8 heteroatoms. The average molecular weight is 429 g/mol. The van der Waals surface area contributed by atoms with Crippen LogP contribution in [0, 0.1) is 0 Å². The quantitative estimate of drug-likeness (QED) is 0.114. The zero-order chi connectivity index (χ0) is 22.3. The Balaban J connectivity index is 3.44. The van der Waals surface area contributed by atoms with E-state index < -0.39 is 6.04 Å². The number of carbonyl (C=O) groups excluding carboxylic acids is 2. The third-order valence-electron chi connectivity index (χ3n) is 5.01. The van der Waals surface area contributed by atoms with Crippen molar-refractivity contribution in [2.45, 2.75) is 90.0 Å². The third kappa shape index (κ3) is 20.1. The van der Waals surface area contributed by atoms with Gasteiger partial charge < -0.3 is 27.4 Å². The van der Waals surface area contributed by atoms with Crippen LogP contribution in [0.3, 0.4) is 0 Å². The molecule has 8 N–H and O–H groups in total. The van der Waals surface area contributed by atoms with Gasteiger partial charge in [-0.3, -0.25) is 14.9 Å². The van der Waals surface area contributed by atoms with Crippen molar-refractivity contribution in [3.63, 3.8) is 0 Å². The van der Waals surface area contributed by atoms with Crippen molar-refractivity contribution >= 4 is 11.8 Å². The predicted molar refractivity (Wildman–Crippen MR) is 125 cm³/mol. The summed E-state index contributed by atoms with van der Waals surface area (Å²) in [5, 5.41) is 12.3. The Morgan fingerprint density at radius 1 is 0.767 bits per heavy atom. The summed E-state index contributed by atoms with van der Waals surface area (Å²) in [6, 6.07) is -0.493. The van der Waals surface area contributed by atoms with Gasteiger partial charge in [-0.1, -0.05) is 32.6 Å². The fourth-order valence-corrected chi connectivity index (χ4v) is 3.05. The van der Waals surface area contributed by atoms with Gasteiger partial charge in [0.05, 0.1) is 12.7 Å². The number of hydrogen-bond donors (Lipinski definition) is 6. The van der Waals surface area contributed by atoms with E-state index in [4.69, 9.17) is 11.5 Å². The van der Waals surface area contributed by atoms with E-state index in [1.165, 1.54) is 19.3 Å². The zero-order valence-electron chi connectivity index (χ0n) is 19.3. The zero-order valence-corrected chi connectivity index (χ0v) is 19.3. The van der Waals surface area contributed by atoms with Gasteiger partial charge in [0.1, 0.15) is 0 Å². The molecule has 0 rings (SSSR count). The Hall–Kier alpha value is -1.22. The Kier molecular flexibility index (Phi) is 21.6. The van der Waals surface area contributed by atoms with E-state index >= 15 is 0 Å². The van der Waals surface area contributed by atoms with Gasteiger partial charge in [0.25, 0.3) is 0 Å². The van der Waals surface area contributed by atoms with Gasteiger partial charge in [0, 0.05) is 13.0 Å². The second-order valence-electron chi connectivity index (χ2n) is 7.93. The van der Waals surface area contributed by atoms with Crippen LogP contribution in [0.2, 0.25) is 0 Å². The van der Waals surface area contributed by atoms with E-state index in [-0.39, 0.29) is 11.8 Å². The fraction of sp³-hybridized carbons (Fsp3) is 0.909. The molecule has 178 valence electrons. The molecule has 0 aliphatic carbocycles. The molecule has 0 aromatic rings. The highest BCUT2D eigenvalue weighted by Crippen LogP contribution is 2.05. The van der Waals surface area contributed by atoms with E-state index in [9.17, 15) is 9.59 Å². The molecule has 0 unspecified atom stereocenters. The average Bonchev–Trinajstić information content (AvgIpc) is 2.74. The highest BCUT2D eigenvalue weighted by atomic mass is 16.2. The van der Waals surface area contributed by atoms with Gasteiger partial charge in [-0.25, -0.2) is 0 Å². The predicted octanol–water partition coefficient (Wildman–Crippen LogP) is 1.34. The molecule has 0 aromatic carbocycles. The van der Waals surface area contributed by atoms with Gasteiger partial charge in [-0.2, -0.15) is 0 Å². The molecule has 0 aromatic heterocycles. The first kappa shape index (κ1) is 28.8. The smallest absolute Gasteiger partial charge is 0.237 e. The lowest BCUT2D eigenvalue weighted by Gasteiger charge is -2.13. The minimum atomic E-state index is -0.493. The molecule has 0 aliphatic heterocycles. The first-order chi connectivity index (χ1) is 14.6.